The van der Waals surface area contributed by atoms with Gasteiger partial charge in [-0.1, -0.05) is 26.3 Å². The highest BCUT2D eigenvalue weighted by Crippen LogP contribution is 2.31. The minimum absolute atomic E-state index is 0.0173. The van der Waals surface area contributed by atoms with E-state index < -0.39 is 0 Å². The van der Waals surface area contributed by atoms with Gasteiger partial charge in [0.05, 0.1) is 20.3 Å². The van der Waals surface area contributed by atoms with E-state index in [0.717, 1.165) is 12.1 Å². The van der Waals surface area contributed by atoms with Crippen molar-refractivity contribution in [2.75, 3.05) is 40.0 Å². The van der Waals surface area contributed by atoms with Crippen molar-refractivity contribution in [1.82, 2.24) is 10.2 Å². The van der Waals surface area contributed by atoms with E-state index in [2.05, 4.69) is 19.2 Å². The molecule has 0 spiro atoms. The average Bonchev–Trinajstić information content (AvgIpc) is 2.72. The predicted octanol–water partition coefficient (Wildman–Crippen LogP) is 2.85. The zero-order valence-corrected chi connectivity index (χ0v) is 17.4. The molecule has 1 amide bonds. The van der Waals surface area contributed by atoms with Gasteiger partial charge in [-0.2, -0.15) is 0 Å². The van der Waals surface area contributed by atoms with Crippen LogP contribution in [-0.2, 0) is 16.1 Å². The SMILES string of the molecule is COc1cc(CNC2C(C)CCCC2C)ccc1OCC(=O)N1CCOCC1. The molecule has 6 nitrogen and oxygen atoms in total. The number of morpholine rings is 1. The Morgan fingerprint density at radius 1 is 1.18 bits per heavy atom. The third-order valence-electron chi connectivity index (χ3n) is 6.03. The lowest BCUT2D eigenvalue weighted by molar-refractivity contribution is -0.137. The van der Waals surface area contributed by atoms with Crippen molar-refractivity contribution in [3.05, 3.63) is 23.8 Å². The Balaban J connectivity index is 1.55. The number of nitrogens with one attached hydrogen (secondary N) is 1. The Morgan fingerprint density at radius 3 is 2.57 bits per heavy atom. The molecule has 3 rings (SSSR count). The number of ether oxygens (including phenoxy) is 3. The Morgan fingerprint density at radius 2 is 1.89 bits per heavy atom. The molecule has 1 saturated heterocycles. The van der Waals surface area contributed by atoms with E-state index in [1.807, 2.05) is 18.2 Å². The van der Waals surface area contributed by atoms with Gasteiger partial charge in [-0.05, 0) is 42.4 Å². The maximum atomic E-state index is 12.3. The number of rotatable bonds is 7. The molecule has 1 aromatic rings. The van der Waals surface area contributed by atoms with Gasteiger partial charge in [-0.25, -0.2) is 0 Å². The number of nitrogens with zero attached hydrogens (tertiary/aromatic N) is 1. The fourth-order valence-corrected chi connectivity index (χ4v) is 4.30. The first kappa shape index (κ1) is 20.9. The molecule has 0 aromatic heterocycles. The molecule has 2 atom stereocenters. The van der Waals surface area contributed by atoms with E-state index in [1.165, 1.54) is 19.3 Å². The van der Waals surface area contributed by atoms with Crippen molar-refractivity contribution >= 4 is 5.91 Å². The molecule has 1 aliphatic carbocycles. The molecule has 1 heterocycles. The van der Waals surface area contributed by atoms with Crippen LogP contribution in [0.4, 0.5) is 0 Å². The molecule has 0 radical (unpaired) electrons. The van der Waals surface area contributed by atoms with Gasteiger partial charge in [-0.3, -0.25) is 4.79 Å². The monoisotopic (exact) mass is 390 g/mol. The Hall–Kier alpha value is -1.79. The molecule has 0 bridgehead atoms. The summed E-state index contributed by atoms with van der Waals surface area (Å²) >= 11 is 0. The van der Waals surface area contributed by atoms with Crippen molar-refractivity contribution in [2.45, 2.75) is 45.7 Å². The van der Waals surface area contributed by atoms with E-state index in [1.54, 1.807) is 12.0 Å². The van der Waals surface area contributed by atoms with Crippen LogP contribution in [0.5, 0.6) is 11.5 Å². The van der Waals surface area contributed by atoms with Gasteiger partial charge >= 0.3 is 0 Å². The molecule has 1 aliphatic heterocycles. The summed E-state index contributed by atoms with van der Waals surface area (Å²) in [6.45, 7) is 7.95. The number of hydrogen-bond donors (Lipinski definition) is 1. The van der Waals surface area contributed by atoms with E-state index >= 15 is 0 Å². The summed E-state index contributed by atoms with van der Waals surface area (Å²) in [5.41, 5.74) is 1.16. The highest BCUT2D eigenvalue weighted by molar-refractivity contribution is 5.78. The van der Waals surface area contributed by atoms with Gasteiger partial charge in [0.25, 0.3) is 5.91 Å². The summed E-state index contributed by atoms with van der Waals surface area (Å²) in [6.07, 6.45) is 3.94. The molecule has 156 valence electrons. The van der Waals surface area contributed by atoms with Crippen molar-refractivity contribution in [3.63, 3.8) is 0 Å². The van der Waals surface area contributed by atoms with Crippen LogP contribution in [0.15, 0.2) is 18.2 Å². The maximum Gasteiger partial charge on any atom is 0.260 e. The smallest absolute Gasteiger partial charge is 0.260 e. The standard InChI is InChI=1S/C22H34N2O4/c1-16-5-4-6-17(2)22(16)23-14-18-7-8-19(20(13-18)26-3)28-15-21(25)24-9-11-27-12-10-24/h7-8,13,16-17,22-23H,4-6,9-12,14-15H2,1-3H3. The van der Waals surface area contributed by atoms with E-state index in [4.69, 9.17) is 14.2 Å². The highest BCUT2D eigenvalue weighted by Gasteiger charge is 2.27. The van der Waals surface area contributed by atoms with Crippen LogP contribution in [-0.4, -0.2) is 56.9 Å². The summed E-state index contributed by atoms with van der Waals surface area (Å²) < 4.78 is 16.5. The van der Waals surface area contributed by atoms with Crippen LogP contribution in [0.1, 0.15) is 38.7 Å². The van der Waals surface area contributed by atoms with Crippen LogP contribution >= 0.6 is 0 Å². The van der Waals surface area contributed by atoms with Gasteiger partial charge < -0.3 is 24.4 Å². The van der Waals surface area contributed by atoms with Crippen molar-refractivity contribution in [1.29, 1.82) is 0 Å². The number of carbonyl (C=O) groups is 1. The van der Waals surface area contributed by atoms with Gasteiger partial charge in [0.15, 0.2) is 18.1 Å². The molecule has 2 fully saturated rings. The van der Waals surface area contributed by atoms with Crippen LogP contribution in [0, 0.1) is 11.8 Å². The second-order valence-corrected chi connectivity index (χ2v) is 8.06. The number of hydrogen-bond acceptors (Lipinski definition) is 5. The summed E-state index contributed by atoms with van der Waals surface area (Å²) in [4.78, 5) is 14.1. The molecule has 1 N–H and O–H groups in total. The first-order valence-electron chi connectivity index (χ1n) is 10.5. The third-order valence-corrected chi connectivity index (χ3v) is 6.03. The molecule has 1 aromatic carbocycles. The lowest BCUT2D eigenvalue weighted by Crippen LogP contribution is -2.43. The number of carbonyl (C=O) groups excluding carboxylic acids is 1. The fraction of sp³-hybridized carbons (Fsp3) is 0.682. The normalized spacial score (nSPS) is 25.4. The van der Waals surface area contributed by atoms with Crippen molar-refractivity contribution in [2.24, 2.45) is 11.8 Å². The van der Waals surface area contributed by atoms with E-state index in [0.29, 0.717) is 55.7 Å². The fourth-order valence-electron chi connectivity index (χ4n) is 4.30. The van der Waals surface area contributed by atoms with Crippen LogP contribution in [0.2, 0.25) is 0 Å². The first-order chi connectivity index (χ1) is 13.6. The minimum atomic E-state index is -0.0173. The van der Waals surface area contributed by atoms with Crippen molar-refractivity contribution in [3.8, 4) is 11.5 Å². The summed E-state index contributed by atoms with van der Waals surface area (Å²) in [5, 5.41) is 3.73. The number of amides is 1. The lowest BCUT2D eigenvalue weighted by Gasteiger charge is -2.35. The highest BCUT2D eigenvalue weighted by atomic mass is 16.5. The molecule has 28 heavy (non-hydrogen) atoms. The second kappa shape index (κ2) is 10.1. The molecular formula is C22H34N2O4. The largest absolute Gasteiger partial charge is 0.493 e. The van der Waals surface area contributed by atoms with Gasteiger partial charge in [-0.15, -0.1) is 0 Å². The number of benzene rings is 1. The Labute approximate surface area is 168 Å². The van der Waals surface area contributed by atoms with Gasteiger partial charge in [0.1, 0.15) is 0 Å². The summed E-state index contributed by atoms with van der Waals surface area (Å²) in [5.74, 6) is 2.67. The van der Waals surface area contributed by atoms with Gasteiger partial charge in [0, 0.05) is 25.7 Å². The third kappa shape index (κ3) is 5.39. The average molecular weight is 391 g/mol. The minimum Gasteiger partial charge on any atom is -0.493 e. The van der Waals surface area contributed by atoms with E-state index in [9.17, 15) is 4.79 Å². The second-order valence-electron chi connectivity index (χ2n) is 8.06. The van der Waals surface area contributed by atoms with Crippen molar-refractivity contribution < 1.29 is 19.0 Å². The van der Waals surface area contributed by atoms with E-state index in [-0.39, 0.29) is 12.5 Å². The lowest BCUT2D eigenvalue weighted by atomic mass is 9.78. The van der Waals surface area contributed by atoms with Crippen LogP contribution in [0.3, 0.4) is 0 Å². The van der Waals surface area contributed by atoms with Crippen LogP contribution < -0.4 is 14.8 Å². The molecule has 2 aliphatic rings. The molecule has 1 saturated carbocycles. The topological polar surface area (TPSA) is 60.0 Å². The van der Waals surface area contributed by atoms with Gasteiger partial charge in [0.2, 0.25) is 0 Å². The quantitative estimate of drug-likeness (QED) is 0.776. The number of methoxy groups -OCH3 is 1. The first-order valence-corrected chi connectivity index (χ1v) is 10.5. The van der Waals surface area contributed by atoms with Crippen LogP contribution in [0.25, 0.3) is 0 Å². The Kier molecular flexibility index (Phi) is 7.57. The Bertz CT molecular complexity index is 635. The zero-order chi connectivity index (χ0) is 19.9. The molecular weight excluding hydrogens is 356 g/mol. The maximum absolute atomic E-state index is 12.3. The zero-order valence-electron chi connectivity index (χ0n) is 17.4. The predicted molar refractivity (Wildman–Crippen MR) is 109 cm³/mol. The molecule has 6 heteroatoms. The molecule has 2 unspecified atom stereocenters. The summed E-state index contributed by atoms with van der Waals surface area (Å²) in [6, 6.07) is 6.50. The summed E-state index contributed by atoms with van der Waals surface area (Å²) in [7, 11) is 1.63.